The van der Waals surface area contributed by atoms with Crippen LogP contribution in [-0.2, 0) is 0 Å². The number of hydrogen-bond acceptors (Lipinski definition) is 4. The number of piperidine rings is 1. The number of likely N-dealkylation sites (N-methyl/N-ethyl adjacent to an activating group) is 1. The minimum atomic E-state index is 0.657. The van der Waals surface area contributed by atoms with Gasteiger partial charge < -0.3 is 24.7 Å². The minimum Gasteiger partial charge on any atom is -0.493 e. The number of methoxy groups -OCH3 is 2. The number of rotatable bonds is 7. The Morgan fingerprint density at radius 2 is 1.79 bits per heavy atom. The molecule has 0 atom stereocenters. The number of ether oxygens (including phenoxy) is 2. The van der Waals surface area contributed by atoms with E-state index in [1.807, 2.05) is 19.2 Å². The van der Waals surface area contributed by atoms with Gasteiger partial charge in [0.1, 0.15) is 0 Å². The van der Waals surface area contributed by atoms with E-state index in [9.17, 15) is 0 Å². The van der Waals surface area contributed by atoms with Gasteiger partial charge in [0, 0.05) is 35.2 Å². The van der Waals surface area contributed by atoms with Crippen molar-refractivity contribution in [3.05, 3.63) is 48.0 Å². The molecule has 1 aliphatic rings. The molecule has 1 aliphatic heterocycles. The fourth-order valence-electron chi connectivity index (χ4n) is 4.32. The molecule has 0 aliphatic carbocycles. The molecule has 2 heterocycles. The normalized spacial score (nSPS) is 15.7. The minimum absolute atomic E-state index is 0.657. The molecule has 2 aromatic carbocycles. The first-order valence-electron chi connectivity index (χ1n) is 10.4. The van der Waals surface area contributed by atoms with Crippen LogP contribution in [0.1, 0.15) is 24.3 Å². The van der Waals surface area contributed by atoms with Crippen LogP contribution in [0.3, 0.4) is 0 Å². The largest absolute Gasteiger partial charge is 0.493 e. The third-order valence-electron chi connectivity index (χ3n) is 6.08. The fourth-order valence-corrected chi connectivity index (χ4v) is 4.32. The Morgan fingerprint density at radius 3 is 2.52 bits per heavy atom. The molecule has 1 fully saturated rings. The molecular formula is C24H31N3O2. The topological polar surface area (TPSA) is 49.5 Å². The van der Waals surface area contributed by atoms with Gasteiger partial charge in [-0.25, -0.2) is 0 Å². The van der Waals surface area contributed by atoms with Gasteiger partial charge in [-0.15, -0.1) is 0 Å². The molecule has 5 heteroatoms. The molecule has 2 N–H and O–H groups in total. The zero-order chi connectivity index (χ0) is 20.2. The van der Waals surface area contributed by atoms with E-state index in [-0.39, 0.29) is 0 Å². The monoisotopic (exact) mass is 393 g/mol. The molecule has 1 aromatic heterocycles. The average Bonchev–Trinajstić information content (AvgIpc) is 3.21. The van der Waals surface area contributed by atoms with Crippen molar-refractivity contribution in [2.24, 2.45) is 0 Å². The quantitative estimate of drug-likeness (QED) is 0.630. The van der Waals surface area contributed by atoms with Gasteiger partial charge in [0.25, 0.3) is 0 Å². The lowest BCUT2D eigenvalue weighted by atomic mass is 9.89. The Morgan fingerprint density at radius 1 is 1.00 bits per heavy atom. The second-order valence-electron chi connectivity index (χ2n) is 7.82. The lowest BCUT2D eigenvalue weighted by molar-refractivity contribution is 0.214. The third-order valence-corrected chi connectivity index (χ3v) is 6.08. The predicted octanol–water partition coefficient (Wildman–Crippen LogP) is 4.25. The maximum absolute atomic E-state index is 5.46. The Bertz CT molecular complexity index is 958. The van der Waals surface area contributed by atoms with E-state index < -0.39 is 0 Å². The van der Waals surface area contributed by atoms with E-state index in [0.29, 0.717) is 5.92 Å². The molecule has 0 amide bonds. The highest BCUT2D eigenvalue weighted by Crippen LogP contribution is 2.35. The van der Waals surface area contributed by atoms with Crippen molar-refractivity contribution >= 4 is 10.9 Å². The molecular weight excluding hydrogens is 362 g/mol. The van der Waals surface area contributed by atoms with Crippen LogP contribution in [0.15, 0.2) is 42.5 Å². The van der Waals surface area contributed by atoms with Crippen molar-refractivity contribution in [1.82, 2.24) is 15.2 Å². The van der Waals surface area contributed by atoms with Gasteiger partial charge in [-0.2, -0.15) is 0 Å². The van der Waals surface area contributed by atoms with Crippen LogP contribution in [0.25, 0.3) is 22.2 Å². The van der Waals surface area contributed by atoms with Crippen LogP contribution < -0.4 is 14.8 Å². The molecule has 4 rings (SSSR count). The predicted molar refractivity (Wildman–Crippen MR) is 119 cm³/mol. The van der Waals surface area contributed by atoms with Gasteiger partial charge >= 0.3 is 0 Å². The zero-order valence-electron chi connectivity index (χ0n) is 17.6. The van der Waals surface area contributed by atoms with E-state index in [2.05, 4.69) is 45.5 Å². The maximum Gasteiger partial charge on any atom is 0.161 e. The van der Waals surface area contributed by atoms with Crippen LogP contribution in [0.2, 0.25) is 0 Å². The Labute approximate surface area is 173 Å². The maximum atomic E-state index is 5.46. The van der Waals surface area contributed by atoms with Crippen molar-refractivity contribution in [2.45, 2.75) is 18.8 Å². The average molecular weight is 394 g/mol. The van der Waals surface area contributed by atoms with Crippen LogP contribution in [0.5, 0.6) is 11.5 Å². The van der Waals surface area contributed by atoms with E-state index in [0.717, 1.165) is 35.8 Å². The highest BCUT2D eigenvalue weighted by molar-refractivity contribution is 5.86. The van der Waals surface area contributed by atoms with Crippen LogP contribution in [-0.4, -0.2) is 57.3 Å². The van der Waals surface area contributed by atoms with Crippen molar-refractivity contribution in [3.63, 3.8) is 0 Å². The van der Waals surface area contributed by atoms with E-state index >= 15 is 0 Å². The standard InChI is InChI=1S/C24H31N3O2/c1-25-10-13-27-11-8-17(9-12-27)18-4-6-21-20(14-18)15-22(26-21)19-5-7-23(28-2)24(16-19)29-3/h4-7,14-17,25-26H,8-13H2,1-3H3. The molecule has 1 saturated heterocycles. The molecule has 29 heavy (non-hydrogen) atoms. The van der Waals surface area contributed by atoms with Gasteiger partial charge in [0.05, 0.1) is 14.2 Å². The lowest BCUT2D eigenvalue weighted by Gasteiger charge is -2.32. The Hall–Kier alpha value is -2.50. The van der Waals surface area contributed by atoms with E-state index in [1.165, 1.54) is 42.4 Å². The highest BCUT2D eigenvalue weighted by atomic mass is 16.5. The zero-order valence-corrected chi connectivity index (χ0v) is 17.6. The first-order chi connectivity index (χ1) is 14.2. The summed E-state index contributed by atoms with van der Waals surface area (Å²) in [4.78, 5) is 6.12. The number of aromatic nitrogens is 1. The Balaban J connectivity index is 1.53. The molecule has 0 spiro atoms. The number of nitrogens with zero attached hydrogens (tertiary/aromatic N) is 1. The van der Waals surface area contributed by atoms with E-state index in [1.54, 1.807) is 14.2 Å². The summed E-state index contributed by atoms with van der Waals surface area (Å²) in [6, 6.07) is 15.2. The first kappa shape index (κ1) is 19.8. The SMILES string of the molecule is CNCCN1CCC(c2ccc3[nH]c(-c4ccc(OC)c(OC)c4)cc3c2)CC1. The Kier molecular flexibility index (Phi) is 6.07. The molecule has 154 valence electrons. The summed E-state index contributed by atoms with van der Waals surface area (Å²) >= 11 is 0. The van der Waals surface area contributed by atoms with Gasteiger partial charge in [-0.1, -0.05) is 6.07 Å². The second-order valence-corrected chi connectivity index (χ2v) is 7.82. The fraction of sp³-hybridized carbons (Fsp3) is 0.417. The summed E-state index contributed by atoms with van der Waals surface area (Å²) in [5.41, 5.74) is 4.83. The number of fused-ring (bicyclic) bond motifs is 1. The van der Waals surface area contributed by atoms with E-state index in [4.69, 9.17) is 9.47 Å². The molecule has 0 saturated carbocycles. The number of nitrogens with one attached hydrogen (secondary N) is 2. The summed E-state index contributed by atoms with van der Waals surface area (Å²) in [7, 11) is 5.35. The van der Waals surface area contributed by atoms with Gasteiger partial charge in [0.15, 0.2) is 11.5 Å². The highest BCUT2D eigenvalue weighted by Gasteiger charge is 2.20. The molecule has 0 bridgehead atoms. The third kappa shape index (κ3) is 4.26. The van der Waals surface area contributed by atoms with Crippen molar-refractivity contribution < 1.29 is 9.47 Å². The number of aromatic amines is 1. The summed E-state index contributed by atoms with van der Waals surface area (Å²) in [5.74, 6) is 2.15. The van der Waals surface area contributed by atoms with Crippen LogP contribution in [0.4, 0.5) is 0 Å². The van der Waals surface area contributed by atoms with Crippen LogP contribution in [0, 0.1) is 0 Å². The smallest absolute Gasteiger partial charge is 0.161 e. The summed E-state index contributed by atoms with van der Waals surface area (Å²) in [6.45, 7) is 4.59. The number of H-pyrrole nitrogens is 1. The van der Waals surface area contributed by atoms with Gasteiger partial charge in [0.2, 0.25) is 0 Å². The van der Waals surface area contributed by atoms with Crippen molar-refractivity contribution in [2.75, 3.05) is 47.4 Å². The van der Waals surface area contributed by atoms with Crippen molar-refractivity contribution in [1.29, 1.82) is 0 Å². The van der Waals surface area contributed by atoms with Gasteiger partial charge in [-0.05, 0) is 80.9 Å². The lowest BCUT2D eigenvalue weighted by Crippen LogP contribution is -2.37. The summed E-state index contributed by atoms with van der Waals surface area (Å²) < 4.78 is 10.8. The molecule has 3 aromatic rings. The number of hydrogen-bond donors (Lipinski definition) is 2. The van der Waals surface area contributed by atoms with Crippen molar-refractivity contribution in [3.8, 4) is 22.8 Å². The summed E-state index contributed by atoms with van der Waals surface area (Å²) in [5, 5.41) is 4.52. The summed E-state index contributed by atoms with van der Waals surface area (Å²) in [6.07, 6.45) is 2.48. The number of likely N-dealkylation sites (tertiary alicyclic amines) is 1. The number of benzene rings is 2. The van der Waals surface area contributed by atoms with Gasteiger partial charge in [-0.3, -0.25) is 0 Å². The first-order valence-corrected chi connectivity index (χ1v) is 10.4. The second kappa shape index (κ2) is 8.89. The molecule has 5 nitrogen and oxygen atoms in total. The van der Waals surface area contributed by atoms with Crippen LogP contribution >= 0.6 is 0 Å². The molecule has 0 unspecified atom stereocenters. The molecule has 0 radical (unpaired) electrons.